The number of fused-ring (bicyclic) bond motifs is 1. The standard InChI is InChI=1S/C12H12ClNO3/c1-2-17-6-5-14-10-4-3-8(13)7-9(10)11(15)12(14)16/h3-4,7H,2,5-6H2,1H3. The zero-order valence-electron chi connectivity index (χ0n) is 9.40. The van der Waals surface area contributed by atoms with E-state index in [4.69, 9.17) is 16.3 Å². The Morgan fingerprint density at radius 3 is 2.82 bits per heavy atom. The number of benzene rings is 1. The second-order valence-corrected chi connectivity index (χ2v) is 4.08. The first-order valence-corrected chi connectivity index (χ1v) is 5.76. The van der Waals surface area contributed by atoms with Gasteiger partial charge in [0.15, 0.2) is 0 Å². The van der Waals surface area contributed by atoms with Crippen molar-refractivity contribution in [2.24, 2.45) is 0 Å². The third-order valence-corrected chi connectivity index (χ3v) is 2.83. The molecule has 0 saturated carbocycles. The Balaban J connectivity index is 2.25. The van der Waals surface area contributed by atoms with Crippen molar-refractivity contribution in [1.82, 2.24) is 0 Å². The molecule has 1 aliphatic rings. The molecule has 0 radical (unpaired) electrons. The zero-order chi connectivity index (χ0) is 12.4. The van der Waals surface area contributed by atoms with Crippen molar-refractivity contribution < 1.29 is 14.3 Å². The van der Waals surface area contributed by atoms with E-state index >= 15 is 0 Å². The topological polar surface area (TPSA) is 46.6 Å². The lowest BCUT2D eigenvalue weighted by atomic mass is 10.1. The Morgan fingerprint density at radius 1 is 1.35 bits per heavy atom. The molecule has 1 aliphatic heterocycles. The number of hydrogen-bond donors (Lipinski definition) is 0. The molecule has 2 rings (SSSR count). The molecular weight excluding hydrogens is 242 g/mol. The number of rotatable bonds is 4. The Bertz CT molecular complexity index is 473. The van der Waals surface area contributed by atoms with Gasteiger partial charge >= 0.3 is 0 Å². The van der Waals surface area contributed by atoms with Crippen LogP contribution >= 0.6 is 11.6 Å². The monoisotopic (exact) mass is 253 g/mol. The third-order valence-electron chi connectivity index (χ3n) is 2.60. The molecule has 4 nitrogen and oxygen atoms in total. The van der Waals surface area contributed by atoms with Gasteiger partial charge in [0.1, 0.15) is 0 Å². The normalized spacial score (nSPS) is 14.4. The molecule has 0 spiro atoms. The first-order chi connectivity index (χ1) is 8.15. The van der Waals surface area contributed by atoms with Crippen LogP contribution < -0.4 is 4.90 Å². The van der Waals surface area contributed by atoms with Crippen molar-refractivity contribution in [2.45, 2.75) is 6.92 Å². The molecule has 1 heterocycles. The van der Waals surface area contributed by atoms with Gasteiger partial charge < -0.3 is 9.64 Å². The van der Waals surface area contributed by atoms with E-state index in [0.29, 0.717) is 36.0 Å². The number of hydrogen-bond acceptors (Lipinski definition) is 3. The second kappa shape index (κ2) is 4.85. The van der Waals surface area contributed by atoms with Crippen LogP contribution in [0.15, 0.2) is 18.2 Å². The summed E-state index contributed by atoms with van der Waals surface area (Å²) in [5.41, 5.74) is 0.989. The first kappa shape index (κ1) is 12.1. The number of halogens is 1. The van der Waals surface area contributed by atoms with Crippen molar-refractivity contribution in [3.05, 3.63) is 28.8 Å². The number of nitrogens with zero attached hydrogens (tertiary/aromatic N) is 1. The van der Waals surface area contributed by atoms with E-state index in [1.807, 2.05) is 6.92 Å². The number of anilines is 1. The van der Waals surface area contributed by atoms with Gasteiger partial charge in [-0.1, -0.05) is 11.6 Å². The van der Waals surface area contributed by atoms with E-state index in [1.165, 1.54) is 11.0 Å². The molecule has 1 aromatic rings. The molecule has 90 valence electrons. The van der Waals surface area contributed by atoms with Gasteiger partial charge in [0, 0.05) is 18.2 Å². The average Bonchev–Trinajstić information content (AvgIpc) is 2.54. The number of Topliss-reactive ketones (excluding diaryl/α,β-unsaturated/α-hetero) is 1. The van der Waals surface area contributed by atoms with Crippen LogP contribution in [0.3, 0.4) is 0 Å². The minimum absolute atomic E-state index is 0.374. The fraction of sp³-hybridized carbons (Fsp3) is 0.333. The number of carbonyl (C=O) groups is 2. The Morgan fingerprint density at radius 2 is 2.12 bits per heavy atom. The molecule has 5 heteroatoms. The van der Waals surface area contributed by atoms with Crippen molar-refractivity contribution in [2.75, 3.05) is 24.7 Å². The molecule has 0 aromatic heterocycles. The summed E-state index contributed by atoms with van der Waals surface area (Å²) in [4.78, 5) is 24.9. The highest BCUT2D eigenvalue weighted by Gasteiger charge is 2.35. The van der Waals surface area contributed by atoms with Gasteiger partial charge in [-0.3, -0.25) is 9.59 Å². The Kier molecular flexibility index (Phi) is 3.45. The number of amides is 1. The van der Waals surface area contributed by atoms with E-state index in [-0.39, 0.29) is 0 Å². The summed E-state index contributed by atoms with van der Waals surface area (Å²) < 4.78 is 5.19. The molecule has 17 heavy (non-hydrogen) atoms. The first-order valence-electron chi connectivity index (χ1n) is 5.38. The average molecular weight is 254 g/mol. The van der Waals surface area contributed by atoms with Gasteiger partial charge in [-0.25, -0.2) is 0 Å². The highest BCUT2D eigenvalue weighted by Crippen LogP contribution is 2.30. The minimum Gasteiger partial charge on any atom is -0.380 e. The van der Waals surface area contributed by atoms with Gasteiger partial charge in [-0.15, -0.1) is 0 Å². The molecule has 0 unspecified atom stereocenters. The van der Waals surface area contributed by atoms with Gasteiger partial charge in [0.2, 0.25) is 0 Å². The van der Waals surface area contributed by atoms with Crippen molar-refractivity contribution in [3.8, 4) is 0 Å². The lowest BCUT2D eigenvalue weighted by molar-refractivity contribution is -0.114. The smallest absolute Gasteiger partial charge is 0.299 e. The van der Waals surface area contributed by atoms with E-state index < -0.39 is 11.7 Å². The highest BCUT2D eigenvalue weighted by atomic mass is 35.5. The van der Waals surface area contributed by atoms with Crippen LogP contribution in [-0.4, -0.2) is 31.4 Å². The maximum Gasteiger partial charge on any atom is 0.299 e. The van der Waals surface area contributed by atoms with Gasteiger partial charge in [-0.2, -0.15) is 0 Å². The summed E-state index contributed by atoms with van der Waals surface area (Å²) in [6.45, 7) is 3.26. The van der Waals surface area contributed by atoms with Crippen LogP contribution in [0, 0.1) is 0 Å². The SMILES string of the molecule is CCOCCN1C(=O)C(=O)c2cc(Cl)ccc21. The summed E-state index contributed by atoms with van der Waals surface area (Å²) >= 11 is 5.80. The number of ether oxygens (including phenoxy) is 1. The molecular formula is C12H12ClNO3. The maximum atomic E-state index is 11.7. The summed E-state index contributed by atoms with van der Waals surface area (Å²) in [6, 6.07) is 4.88. The van der Waals surface area contributed by atoms with Crippen LogP contribution in [0.25, 0.3) is 0 Å². The Hall–Kier alpha value is -1.39. The predicted octanol–water partition coefficient (Wildman–Crippen LogP) is 1.91. The van der Waals surface area contributed by atoms with Gasteiger partial charge in [0.25, 0.3) is 11.7 Å². The van der Waals surface area contributed by atoms with Crippen molar-refractivity contribution in [3.63, 3.8) is 0 Å². The molecule has 1 aromatic carbocycles. The van der Waals surface area contributed by atoms with E-state index in [1.54, 1.807) is 12.1 Å². The molecule has 0 fully saturated rings. The van der Waals surface area contributed by atoms with Gasteiger partial charge in [-0.05, 0) is 25.1 Å². The lowest BCUT2D eigenvalue weighted by Crippen LogP contribution is -2.32. The Labute approximate surface area is 104 Å². The summed E-state index contributed by atoms with van der Waals surface area (Å²) in [7, 11) is 0. The largest absolute Gasteiger partial charge is 0.380 e. The second-order valence-electron chi connectivity index (χ2n) is 3.64. The molecule has 0 bridgehead atoms. The van der Waals surface area contributed by atoms with Crippen LogP contribution in [0.1, 0.15) is 17.3 Å². The third kappa shape index (κ3) is 2.18. The van der Waals surface area contributed by atoms with E-state index in [9.17, 15) is 9.59 Å². The van der Waals surface area contributed by atoms with Crippen LogP contribution in [0.5, 0.6) is 0 Å². The fourth-order valence-electron chi connectivity index (χ4n) is 1.79. The van der Waals surface area contributed by atoms with Crippen LogP contribution in [-0.2, 0) is 9.53 Å². The molecule has 0 saturated heterocycles. The number of carbonyl (C=O) groups excluding carboxylic acids is 2. The van der Waals surface area contributed by atoms with Gasteiger partial charge in [0.05, 0.1) is 17.9 Å². The molecule has 0 N–H and O–H groups in total. The maximum absolute atomic E-state index is 11.7. The van der Waals surface area contributed by atoms with Crippen molar-refractivity contribution in [1.29, 1.82) is 0 Å². The molecule has 1 amide bonds. The molecule has 0 atom stereocenters. The molecule has 0 aliphatic carbocycles. The zero-order valence-corrected chi connectivity index (χ0v) is 10.2. The van der Waals surface area contributed by atoms with Crippen molar-refractivity contribution >= 4 is 29.0 Å². The summed E-state index contributed by atoms with van der Waals surface area (Å²) in [5, 5.41) is 0.455. The highest BCUT2D eigenvalue weighted by molar-refractivity contribution is 6.52. The van der Waals surface area contributed by atoms with E-state index in [2.05, 4.69) is 0 Å². The summed E-state index contributed by atoms with van der Waals surface area (Å²) in [5.74, 6) is -1.01. The minimum atomic E-state index is -0.512. The quantitative estimate of drug-likeness (QED) is 0.608. The summed E-state index contributed by atoms with van der Waals surface area (Å²) in [6.07, 6.45) is 0. The number of ketones is 1. The predicted molar refractivity (Wildman–Crippen MR) is 64.6 cm³/mol. The van der Waals surface area contributed by atoms with Crippen LogP contribution in [0.4, 0.5) is 5.69 Å². The van der Waals surface area contributed by atoms with Crippen LogP contribution in [0.2, 0.25) is 5.02 Å². The lowest BCUT2D eigenvalue weighted by Gasteiger charge is -2.15. The fourth-order valence-corrected chi connectivity index (χ4v) is 1.97. The van der Waals surface area contributed by atoms with E-state index in [0.717, 1.165) is 0 Å².